The average Bonchev–Trinajstić information content (AvgIpc) is 2.54. The third-order valence-corrected chi connectivity index (χ3v) is 5.09. The first-order chi connectivity index (χ1) is 13.7. The Bertz CT molecular complexity index is 976. The summed E-state index contributed by atoms with van der Waals surface area (Å²) in [5, 5.41) is 0. The molecule has 0 N–H and O–H groups in total. The molecular weight excluding hydrogens is 421 g/mol. The topological polar surface area (TPSA) is 0 Å². The van der Waals surface area contributed by atoms with E-state index in [0.29, 0.717) is 0 Å². The van der Waals surface area contributed by atoms with Crippen molar-refractivity contribution in [3.63, 3.8) is 0 Å². The zero-order valence-corrected chi connectivity index (χ0v) is 19.1. The average molecular weight is 448 g/mol. The van der Waals surface area contributed by atoms with Gasteiger partial charge in [-0.3, -0.25) is 0 Å². The van der Waals surface area contributed by atoms with Gasteiger partial charge in [-0.2, -0.15) is 0 Å². The number of benzene rings is 2. The van der Waals surface area contributed by atoms with E-state index in [0.717, 1.165) is 0 Å². The van der Waals surface area contributed by atoms with Crippen LogP contribution in [-0.4, -0.2) is 0 Å². The van der Waals surface area contributed by atoms with Gasteiger partial charge in [0.25, 0.3) is 0 Å². The Morgan fingerprint density at radius 2 is 0.581 bits per heavy atom. The number of halogens is 7. The SMILES string of the molecule is CC(C)(C)c1c(F)c(C(C)(C)C)c(-c2c(F)c(F)c(F)c(F)c2F)c(C(C)(C)C)c1F. The van der Waals surface area contributed by atoms with E-state index in [9.17, 15) is 22.0 Å². The molecule has 0 fully saturated rings. The standard InChI is InChI=1S/C24H27F7/c1-22(2,3)12-10(11-15(25)19(29)21(31)20(30)16(11)26)13(23(4,5)6)18(28)14(17(12)27)24(7,8)9/h1-9H3. The molecule has 0 aromatic heterocycles. The fourth-order valence-corrected chi connectivity index (χ4v) is 3.83. The van der Waals surface area contributed by atoms with Crippen LogP contribution in [0, 0.1) is 40.7 Å². The third kappa shape index (κ3) is 4.08. The van der Waals surface area contributed by atoms with Gasteiger partial charge in [0.2, 0.25) is 5.82 Å². The largest absolute Gasteiger partial charge is 0.206 e. The Morgan fingerprint density at radius 3 is 0.839 bits per heavy atom. The lowest BCUT2D eigenvalue weighted by Gasteiger charge is -2.35. The smallest absolute Gasteiger partial charge is 0.200 e. The lowest BCUT2D eigenvalue weighted by molar-refractivity contribution is 0.380. The molecule has 0 saturated heterocycles. The number of rotatable bonds is 1. The molecule has 0 heterocycles. The predicted octanol–water partition coefficient (Wildman–Crippen LogP) is 8.22. The summed E-state index contributed by atoms with van der Waals surface area (Å²) < 4.78 is 103. The Morgan fingerprint density at radius 1 is 0.323 bits per heavy atom. The normalized spacial score (nSPS) is 13.2. The second-order valence-corrected chi connectivity index (χ2v) is 10.8. The minimum Gasteiger partial charge on any atom is -0.206 e. The summed E-state index contributed by atoms with van der Waals surface area (Å²) in [6.07, 6.45) is 0. The Labute approximate surface area is 178 Å². The van der Waals surface area contributed by atoms with E-state index >= 15 is 8.78 Å². The minimum atomic E-state index is -2.33. The van der Waals surface area contributed by atoms with Crippen LogP contribution in [0.25, 0.3) is 11.1 Å². The van der Waals surface area contributed by atoms with Gasteiger partial charge >= 0.3 is 0 Å². The molecule has 0 nitrogen and oxygen atoms in total. The van der Waals surface area contributed by atoms with E-state index in [1.807, 2.05) is 0 Å². The van der Waals surface area contributed by atoms with Crippen LogP contribution in [0.15, 0.2) is 0 Å². The summed E-state index contributed by atoms with van der Waals surface area (Å²) in [6.45, 7) is 13.9. The molecule has 2 aromatic carbocycles. The van der Waals surface area contributed by atoms with E-state index in [1.165, 1.54) is 41.5 Å². The molecule has 0 aliphatic heterocycles. The number of hydrogen-bond donors (Lipinski definition) is 0. The van der Waals surface area contributed by atoms with Gasteiger partial charge in [-0.1, -0.05) is 62.3 Å². The Hall–Kier alpha value is -2.05. The van der Waals surface area contributed by atoms with E-state index in [-0.39, 0.29) is 16.7 Å². The van der Waals surface area contributed by atoms with Gasteiger partial charge < -0.3 is 0 Å². The van der Waals surface area contributed by atoms with Gasteiger partial charge in [0.05, 0.1) is 5.56 Å². The second-order valence-electron chi connectivity index (χ2n) is 10.8. The third-order valence-electron chi connectivity index (χ3n) is 5.09. The van der Waals surface area contributed by atoms with Crippen molar-refractivity contribution >= 4 is 0 Å². The van der Waals surface area contributed by atoms with E-state index in [4.69, 9.17) is 0 Å². The van der Waals surface area contributed by atoms with Crippen LogP contribution in [0.4, 0.5) is 30.7 Å². The first-order valence-corrected chi connectivity index (χ1v) is 9.82. The van der Waals surface area contributed by atoms with Crippen molar-refractivity contribution in [3.05, 3.63) is 57.4 Å². The fourth-order valence-electron chi connectivity index (χ4n) is 3.83. The molecule has 0 bridgehead atoms. The summed E-state index contributed by atoms with van der Waals surface area (Å²) in [5.74, 6) is -13.1. The van der Waals surface area contributed by atoms with Crippen molar-refractivity contribution in [2.75, 3.05) is 0 Å². The van der Waals surface area contributed by atoms with Gasteiger partial charge in [0.15, 0.2) is 23.3 Å². The number of hydrogen-bond acceptors (Lipinski definition) is 0. The molecule has 0 saturated carbocycles. The molecule has 31 heavy (non-hydrogen) atoms. The van der Waals surface area contributed by atoms with Crippen LogP contribution in [0.3, 0.4) is 0 Å². The molecule has 0 amide bonds. The summed E-state index contributed by atoms with van der Waals surface area (Å²) in [6, 6.07) is 0. The molecule has 2 aromatic rings. The van der Waals surface area contributed by atoms with Crippen molar-refractivity contribution in [1.82, 2.24) is 0 Å². The molecule has 0 unspecified atom stereocenters. The zero-order valence-electron chi connectivity index (χ0n) is 19.1. The van der Waals surface area contributed by atoms with Crippen LogP contribution >= 0.6 is 0 Å². The Kier molecular flexibility index (Phi) is 6.12. The van der Waals surface area contributed by atoms with Crippen LogP contribution in [0.5, 0.6) is 0 Å². The highest BCUT2D eigenvalue weighted by Gasteiger charge is 2.41. The van der Waals surface area contributed by atoms with Crippen LogP contribution in [0.1, 0.15) is 79.0 Å². The summed E-state index contributed by atoms with van der Waals surface area (Å²) in [7, 11) is 0. The van der Waals surface area contributed by atoms with Crippen molar-refractivity contribution in [3.8, 4) is 11.1 Å². The maximum atomic E-state index is 15.8. The van der Waals surface area contributed by atoms with E-state index in [2.05, 4.69) is 0 Å². The van der Waals surface area contributed by atoms with Gasteiger partial charge in [0, 0.05) is 22.3 Å². The highest BCUT2D eigenvalue weighted by Crippen LogP contribution is 2.49. The molecule has 0 spiro atoms. The quantitative estimate of drug-likeness (QED) is 0.234. The first kappa shape index (κ1) is 25.2. The Balaban J connectivity index is 3.39. The summed E-state index contributed by atoms with van der Waals surface area (Å²) in [4.78, 5) is 0. The maximum Gasteiger partial charge on any atom is 0.200 e. The van der Waals surface area contributed by atoms with Gasteiger partial charge in [-0.05, 0) is 16.2 Å². The molecule has 0 atom stereocenters. The monoisotopic (exact) mass is 448 g/mol. The molecule has 0 aliphatic carbocycles. The van der Waals surface area contributed by atoms with E-state index in [1.54, 1.807) is 20.8 Å². The van der Waals surface area contributed by atoms with Crippen LogP contribution in [0.2, 0.25) is 0 Å². The lowest BCUT2D eigenvalue weighted by Crippen LogP contribution is -2.29. The van der Waals surface area contributed by atoms with Gasteiger partial charge in [-0.15, -0.1) is 0 Å². The maximum absolute atomic E-state index is 15.8. The van der Waals surface area contributed by atoms with E-state index < -0.39 is 68.1 Å². The van der Waals surface area contributed by atoms with Crippen LogP contribution < -0.4 is 0 Å². The molecular formula is C24H27F7. The lowest BCUT2D eigenvalue weighted by atomic mass is 9.70. The molecule has 2 rings (SSSR count). The van der Waals surface area contributed by atoms with Crippen molar-refractivity contribution in [2.45, 2.75) is 78.6 Å². The van der Waals surface area contributed by atoms with Gasteiger partial charge in [-0.25, -0.2) is 30.7 Å². The zero-order chi connectivity index (χ0) is 24.4. The van der Waals surface area contributed by atoms with Crippen molar-refractivity contribution in [2.24, 2.45) is 0 Å². The molecule has 7 heteroatoms. The van der Waals surface area contributed by atoms with Gasteiger partial charge in [0.1, 0.15) is 11.6 Å². The molecule has 0 aliphatic rings. The molecule has 0 radical (unpaired) electrons. The highest BCUT2D eigenvalue weighted by molar-refractivity contribution is 5.76. The fraction of sp³-hybridized carbons (Fsp3) is 0.500. The second kappa shape index (κ2) is 7.52. The minimum absolute atomic E-state index is 0.310. The summed E-state index contributed by atoms with van der Waals surface area (Å²) >= 11 is 0. The van der Waals surface area contributed by atoms with Crippen LogP contribution in [-0.2, 0) is 16.2 Å². The van der Waals surface area contributed by atoms with Crippen molar-refractivity contribution < 1.29 is 30.7 Å². The first-order valence-electron chi connectivity index (χ1n) is 9.82. The predicted molar refractivity (Wildman–Crippen MR) is 108 cm³/mol. The molecule has 172 valence electrons. The summed E-state index contributed by atoms with van der Waals surface area (Å²) in [5.41, 5.74) is -6.27. The highest BCUT2D eigenvalue weighted by atomic mass is 19.2. The van der Waals surface area contributed by atoms with Crippen molar-refractivity contribution in [1.29, 1.82) is 0 Å².